The molecule has 0 spiro atoms. The second-order valence-electron chi connectivity index (χ2n) is 3.22. The molecule has 76 valence electrons. The molecule has 0 saturated heterocycles. The molecule has 2 rings (SSSR count). The number of aromatic amines is 1. The number of aromatic nitrogens is 2. The van der Waals surface area contributed by atoms with Crippen LogP contribution in [0.25, 0.3) is 16.9 Å². The lowest BCUT2D eigenvalue weighted by Crippen LogP contribution is -1.89. The van der Waals surface area contributed by atoms with E-state index in [0.29, 0.717) is 11.4 Å². The molecule has 0 aromatic carbocycles. The van der Waals surface area contributed by atoms with Crippen LogP contribution < -0.4 is 5.73 Å². The molecule has 2 aromatic rings. The van der Waals surface area contributed by atoms with Gasteiger partial charge in [0, 0.05) is 29.7 Å². The summed E-state index contributed by atoms with van der Waals surface area (Å²) in [5.74, 6) is -0.00238. The number of pyridine rings is 1. The highest BCUT2D eigenvalue weighted by molar-refractivity contribution is 5.76. The van der Waals surface area contributed by atoms with Crippen molar-refractivity contribution in [2.75, 3.05) is 5.73 Å². The maximum Gasteiger partial charge on any atom is 0.132 e. The van der Waals surface area contributed by atoms with Crippen molar-refractivity contribution in [2.24, 2.45) is 0 Å². The molecule has 0 atom stereocenters. The average Bonchev–Trinajstić information content (AvgIpc) is 2.65. The normalized spacial score (nSPS) is 10.1. The molecule has 0 radical (unpaired) electrons. The minimum Gasteiger partial charge on any atom is -0.506 e. The maximum atomic E-state index is 9.35. The molecule has 0 fully saturated rings. The summed E-state index contributed by atoms with van der Waals surface area (Å²) in [5.41, 5.74) is 8.49. The number of rotatable bonds is 2. The Morgan fingerprint density at radius 2 is 2.27 bits per heavy atom. The van der Waals surface area contributed by atoms with Crippen molar-refractivity contribution in [1.29, 1.82) is 0 Å². The van der Waals surface area contributed by atoms with Crippen molar-refractivity contribution in [1.82, 2.24) is 9.97 Å². The van der Waals surface area contributed by atoms with Gasteiger partial charge in [0.05, 0.1) is 11.4 Å². The fraction of sp³-hybridized carbons (Fsp3) is 0. The molecule has 0 aliphatic heterocycles. The maximum absolute atomic E-state index is 9.35. The summed E-state index contributed by atoms with van der Waals surface area (Å²) in [6.45, 7) is 3.48. The predicted molar refractivity (Wildman–Crippen MR) is 60.1 cm³/mol. The van der Waals surface area contributed by atoms with Crippen molar-refractivity contribution in [3.8, 4) is 11.1 Å². The quantitative estimate of drug-likeness (QED) is 0.652. The van der Waals surface area contributed by atoms with Crippen LogP contribution in [0.1, 0.15) is 5.69 Å². The van der Waals surface area contributed by atoms with E-state index in [-0.39, 0.29) is 5.76 Å². The van der Waals surface area contributed by atoms with E-state index in [1.165, 1.54) is 0 Å². The van der Waals surface area contributed by atoms with Gasteiger partial charge in [0.1, 0.15) is 5.76 Å². The first kappa shape index (κ1) is 9.33. The number of nitrogens with one attached hydrogen (secondary N) is 1. The van der Waals surface area contributed by atoms with Gasteiger partial charge in [-0.3, -0.25) is 4.98 Å². The molecule has 0 bridgehead atoms. The molecule has 0 aliphatic rings. The molecule has 15 heavy (non-hydrogen) atoms. The molecule has 4 heteroatoms. The second kappa shape index (κ2) is 3.49. The third-order valence-corrected chi connectivity index (χ3v) is 2.11. The van der Waals surface area contributed by atoms with Crippen LogP contribution in [0.2, 0.25) is 0 Å². The van der Waals surface area contributed by atoms with Crippen LogP contribution in [0, 0.1) is 0 Å². The molecule has 2 heterocycles. The van der Waals surface area contributed by atoms with E-state index in [0.717, 1.165) is 11.1 Å². The summed E-state index contributed by atoms with van der Waals surface area (Å²) in [4.78, 5) is 6.90. The lowest BCUT2D eigenvalue weighted by atomic mass is 10.1. The SMILES string of the molecule is C=C(O)c1[nH]ccc1-c1cncc(N)c1. The topological polar surface area (TPSA) is 74.9 Å². The van der Waals surface area contributed by atoms with Crippen molar-refractivity contribution in [2.45, 2.75) is 0 Å². The van der Waals surface area contributed by atoms with Crippen LogP contribution in [-0.2, 0) is 0 Å². The van der Waals surface area contributed by atoms with E-state index in [4.69, 9.17) is 5.73 Å². The Balaban J connectivity index is 2.54. The number of hydrogen-bond acceptors (Lipinski definition) is 3. The highest BCUT2D eigenvalue weighted by atomic mass is 16.3. The first-order chi connectivity index (χ1) is 7.18. The number of hydrogen-bond donors (Lipinski definition) is 3. The third-order valence-electron chi connectivity index (χ3n) is 2.11. The Kier molecular flexibility index (Phi) is 2.17. The Labute approximate surface area is 87.1 Å². The fourth-order valence-corrected chi connectivity index (χ4v) is 1.45. The van der Waals surface area contributed by atoms with Gasteiger partial charge in [0.2, 0.25) is 0 Å². The number of aliphatic hydroxyl groups excluding tert-OH is 1. The molecule has 0 saturated carbocycles. The molecular formula is C11H11N3O. The van der Waals surface area contributed by atoms with Gasteiger partial charge in [-0.2, -0.15) is 0 Å². The molecule has 0 amide bonds. The largest absolute Gasteiger partial charge is 0.506 e. The molecular weight excluding hydrogens is 190 g/mol. The standard InChI is InChI=1S/C11H11N3O/c1-7(15)11-10(2-3-14-11)8-4-9(12)6-13-5-8/h2-6,14-15H,1,12H2. The summed E-state index contributed by atoms with van der Waals surface area (Å²) < 4.78 is 0. The fourth-order valence-electron chi connectivity index (χ4n) is 1.45. The Morgan fingerprint density at radius 1 is 1.47 bits per heavy atom. The zero-order chi connectivity index (χ0) is 10.8. The first-order valence-electron chi connectivity index (χ1n) is 4.45. The van der Waals surface area contributed by atoms with Crippen LogP contribution in [0.5, 0.6) is 0 Å². The van der Waals surface area contributed by atoms with E-state index in [1.807, 2.05) is 6.07 Å². The molecule has 0 aliphatic carbocycles. The van der Waals surface area contributed by atoms with Gasteiger partial charge in [0.15, 0.2) is 0 Å². The van der Waals surface area contributed by atoms with Crippen molar-refractivity contribution in [3.63, 3.8) is 0 Å². The molecule has 0 unspecified atom stereocenters. The van der Waals surface area contributed by atoms with E-state index < -0.39 is 0 Å². The number of nitrogens with zero attached hydrogens (tertiary/aromatic N) is 1. The van der Waals surface area contributed by atoms with Gasteiger partial charge < -0.3 is 15.8 Å². The Bertz CT molecular complexity index is 502. The van der Waals surface area contributed by atoms with E-state index >= 15 is 0 Å². The van der Waals surface area contributed by atoms with E-state index in [1.54, 1.807) is 24.7 Å². The van der Waals surface area contributed by atoms with Gasteiger partial charge in [-0.25, -0.2) is 0 Å². The third kappa shape index (κ3) is 1.69. The monoisotopic (exact) mass is 201 g/mol. The van der Waals surface area contributed by atoms with Crippen LogP contribution in [-0.4, -0.2) is 15.1 Å². The minimum absolute atomic E-state index is 0.00238. The number of nitrogens with two attached hydrogens (primary N) is 1. The summed E-state index contributed by atoms with van der Waals surface area (Å²) >= 11 is 0. The Morgan fingerprint density at radius 3 is 2.93 bits per heavy atom. The van der Waals surface area contributed by atoms with Gasteiger partial charge in [-0.1, -0.05) is 6.58 Å². The summed E-state index contributed by atoms with van der Waals surface area (Å²) in [6.07, 6.45) is 4.99. The van der Waals surface area contributed by atoms with Crippen molar-refractivity contribution >= 4 is 11.4 Å². The van der Waals surface area contributed by atoms with Crippen molar-refractivity contribution < 1.29 is 5.11 Å². The molecule has 4 N–H and O–H groups in total. The van der Waals surface area contributed by atoms with Crippen LogP contribution in [0.15, 0.2) is 37.3 Å². The predicted octanol–water partition coefficient (Wildman–Crippen LogP) is 2.19. The van der Waals surface area contributed by atoms with Gasteiger partial charge in [-0.15, -0.1) is 0 Å². The number of H-pyrrole nitrogens is 1. The summed E-state index contributed by atoms with van der Waals surface area (Å²) in [7, 11) is 0. The minimum atomic E-state index is -0.00238. The average molecular weight is 201 g/mol. The van der Waals surface area contributed by atoms with Crippen molar-refractivity contribution in [3.05, 3.63) is 43.0 Å². The van der Waals surface area contributed by atoms with E-state index in [9.17, 15) is 5.11 Å². The molecule has 2 aromatic heterocycles. The number of aliphatic hydroxyl groups is 1. The molecule has 4 nitrogen and oxygen atoms in total. The van der Waals surface area contributed by atoms with Gasteiger partial charge in [0.25, 0.3) is 0 Å². The number of anilines is 1. The highest BCUT2D eigenvalue weighted by Crippen LogP contribution is 2.26. The highest BCUT2D eigenvalue weighted by Gasteiger charge is 2.08. The zero-order valence-electron chi connectivity index (χ0n) is 8.07. The van der Waals surface area contributed by atoms with E-state index in [2.05, 4.69) is 16.5 Å². The van der Waals surface area contributed by atoms with Crippen LogP contribution in [0.4, 0.5) is 5.69 Å². The van der Waals surface area contributed by atoms with Crippen LogP contribution in [0.3, 0.4) is 0 Å². The second-order valence-corrected chi connectivity index (χ2v) is 3.22. The summed E-state index contributed by atoms with van der Waals surface area (Å²) in [5, 5.41) is 9.35. The van der Waals surface area contributed by atoms with Gasteiger partial charge >= 0.3 is 0 Å². The smallest absolute Gasteiger partial charge is 0.132 e. The zero-order valence-corrected chi connectivity index (χ0v) is 8.07. The first-order valence-corrected chi connectivity index (χ1v) is 4.45. The summed E-state index contributed by atoms with van der Waals surface area (Å²) in [6, 6.07) is 3.63. The lowest BCUT2D eigenvalue weighted by Gasteiger charge is -2.03. The lowest BCUT2D eigenvalue weighted by molar-refractivity contribution is 0.511. The Hall–Kier alpha value is -2.23. The van der Waals surface area contributed by atoms with Crippen LogP contribution >= 0.6 is 0 Å². The number of nitrogen functional groups attached to an aromatic ring is 1. The van der Waals surface area contributed by atoms with Gasteiger partial charge in [-0.05, 0) is 12.1 Å².